The first-order valence-electron chi connectivity index (χ1n) is 18.5. The topological polar surface area (TPSA) is 84.0 Å². The first kappa shape index (κ1) is 31.8. The van der Waals surface area contributed by atoms with Gasteiger partial charge in [-0.2, -0.15) is 10.4 Å². The monoisotopic (exact) mass is 676 g/mol. The van der Waals surface area contributed by atoms with Crippen molar-refractivity contribution in [3.63, 3.8) is 0 Å². The zero-order valence-electron chi connectivity index (χ0n) is 29.3. The molecule has 0 spiro atoms. The van der Waals surface area contributed by atoms with Gasteiger partial charge in [0.1, 0.15) is 11.9 Å². The van der Waals surface area contributed by atoms with E-state index in [9.17, 15) is 10.1 Å². The van der Waals surface area contributed by atoms with Gasteiger partial charge < -0.3 is 14.7 Å². The van der Waals surface area contributed by atoms with Crippen LogP contribution in [0.15, 0.2) is 85.3 Å². The Kier molecular flexibility index (Phi) is 8.20. The summed E-state index contributed by atoms with van der Waals surface area (Å²) in [7, 11) is 0. The number of rotatable bonds is 7. The van der Waals surface area contributed by atoms with Gasteiger partial charge in [0.25, 0.3) is 0 Å². The fraction of sp³-hybridized carbons (Fsp3) is 0.381. The van der Waals surface area contributed by atoms with Gasteiger partial charge >= 0.3 is 0 Å². The molecule has 3 aromatic heterocycles. The number of anilines is 2. The van der Waals surface area contributed by atoms with Crippen LogP contribution in [0, 0.1) is 30.1 Å². The van der Waals surface area contributed by atoms with E-state index in [4.69, 9.17) is 4.98 Å². The number of aryl methyl sites for hydroxylation is 1. The van der Waals surface area contributed by atoms with Crippen LogP contribution in [0.3, 0.4) is 0 Å². The average molecular weight is 677 g/mol. The zero-order chi connectivity index (χ0) is 34.5. The van der Waals surface area contributed by atoms with E-state index in [0.717, 1.165) is 116 Å². The van der Waals surface area contributed by atoms with E-state index in [-0.39, 0.29) is 5.91 Å². The van der Waals surface area contributed by atoms with Gasteiger partial charge in [0.2, 0.25) is 5.91 Å². The molecule has 1 aliphatic carbocycles. The molecule has 2 atom stereocenters. The summed E-state index contributed by atoms with van der Waals surface area (Å²) in [6.07, 6.45) is 9.18. The number of aromatic nitrogens is 3. The van der Waals surface area contributed by atoms with Gasteiger partial charge in [-0.3, -0.25) is 9.69 Å². The lowest BCUT2D eigenvalue weighted by Crippen LogP contribution is -2.51. The average Bonchev–Trinajstić information content (AvgIpc) is 3.56. The fourth-order valence-corrected chi connectivity index (χ4v) is 8.53. The number of fused-ring (bicyclic) bond motifs is 2. The van der Waals surface area contributed by atoms with Gasteiger partial charge in [0.15, 0.2) is 0 Å². The van der Waals surface area contributed by atoms with Gasteiger partial charge in [-0.1, -0.05) is 42.0 Å². The minimum Gasteiger partial charge on any atom is -0.368 e. The van der Waals surface area contributed by atoms with E-state index in [2.05, 4.69) is 99.5 Å². The molecule has 4 aliphatic rings. The van der Waals surface area contributed by atoms with Crippen molar-refractivity contribution in [2.24, 2.45) is 11.8 Å². The molecule has 51 heavy (non-hydrogen) atoms. The van der Waals surface area contributed by atoms with Crippen molar-refractivity contribution in [2.75, 3.05) is 68.7 Å². The molecule has 1 saturated carbocycles. The largest absolute Gasteiger partial charge is 0.368 e. The quantitative estimate of drug-likeness (QED) is 0.202. The Morgan fingerprint density at radius 1 is 0.824 bits per heavy atom. The van der Waals surface area contributed by atoms with Crippen LogP contribution >= 0.6 is 0 Å². The minimum absolute atomic E-state index is 0.250. The van der Waals surface area contributed by atoms with Crippen molar-refractivity contribution in [3.05, 3.63) is 102 Å². The van der Waals surface area contributed by atoms with Crippen molar-refractivity contribution in [3.8, 4) is 28.3 Å². The van der Waals surface area contributed by atoms with Crippen LogP contribution in [0.5, 0.6) is 0 Å². The lowest BCUT2D eigenvalue weighted by Gasteiger charge is -2.38. The van der Waals surface area contributed by atoms with Gasteiger partial charge in [-0.05, 0) is 98.5 Å². The maximum absolute atomic E-state index is 13.3. The standard InChI is InChI=1S/C42H44N8O/c1-29-2-4-30(5-3-29)32-12-14-46(15-13-32)28-41(51)48-18-16-47(17-19-48)38-9-6-31(7-10-38)36-21-39(42-37(22-43)24-45-50(42)27-36)33-8-11-40(44-23-33)49-25-34-20-35(34)26-49/h2-11,21,23-24,27,32,34-35H,12-20,25-26,28H2,1H3. The van der Waals surface area contributed by atoms with Gasteiger partial charge in [0, 0.05) is 74.0 Å². The number of piperidine rings is 2. The Balaban J connectivity index is 0.838. The molecule has 9 rings (SSSR count). The molecule has 3 saturated heterocycles. The highest BCUT2D eigenvalue weighted by molar-refractivity contribution is 5.88. The van der Waals surface area contributed by atoms with Crippen LogP contribution in [0.25, 0.3) is 27.8 Å². The molecule has 258 valence electrons. The molecule has 9 heteroatoms. The Labute approximate surface area is 299 Å². The second-order valence-electron chi connectivity index (χ2n) is 15.0. The van der Waals surface area contributed by atoms with Gasteiger partial charge in [-0.25, -0.2) is 9.50 Å². The molecule has 5 aromatic rings. The summed E-state index contributed by atoms with van der Waals surface area (Å²) in [5.41, 5.74) is 9.28. The van der Waals surface area contributed by atoms with E-state index in [1.807, 2.05) is 21.8 Å². The first-order valence-corrected chi connectivity index (χ1v) is 18.5. The summed E-state index contributed by atoms with van der Waals surface area (Å²) in [6, 6.07) is 26.3. The summed E-state index contributed by atoms with van der Waals surface area (Å²) in [5.74, 6) is 3.57. The van der Waals surface area contributed by atoms with Crippen LogP contribution < -0.4 is 9.80 Å². The van der Waals surface area contributed by atoms with E-state index in [1.165, 1.54) is 17.5 Å². The number of carbonyl (C=O) groups excluding carboxylic acids is 1. The highest BCUT2D eigenvalue weighted by Crippen LogP contribution is 2.46. The number of piperazine rings is 1. The molecule has 0 bridgehead atoms. The number of amides is 1. The molecule has 1 amide bonds. The van der Waals surface area contributed by atoms with Crippen molar-refractivity contribution < 1.29 is 4.79 Å². The smallest absolute Gasteiger partial charge is 0.236 e. The van der Waals surface area contributed by atoms with Crippen LogP contribution in [0.2, 0.25) is 0 Å². The van der Waals surface area contributed by atoms with Crippen molar-refractivity contribution in [1.82, 2.24) is 24.4 Å². The highest BCUT2D eigenvalue weighted by atomic mass is 16.2. The number of benzene rings is 2. The third kappa shape index (κ3) is 6.34. The maximum Gasteiger partial charge on any atom is 0.236 e. The molecule has 4 fully saturated rings. The predicted molar refractivity (Wildman–Crippen MR) is 201 cm³/mol. The van der Waals surface area contributed by atoms with Crippen LogP contribution in [0.4, 0.5) is 11.5 Å². The van der Waals surface area contributed by atoms with Crippen molar-refractivity contribution >= 4 is 22.9 Å². The molecule has 9 nitrogen and oxygen atoms in total. The molecule has 2 unspecified atom stereocenters. The van der Waals surface area contributed by atoms with E-state index in [0.29, 0.717) is 18.0 Å². The van der Waals surface area contributed by atoms with Crippen LogP contribution in [-0.2, 0) is 4.79 Å². The van der Waals surface area contributed by atoms with Gasteiger partial charge in [-0.15, -0.1) is 0 Å². The number of pyridine rings is 2. The van der Waals surface area contributed by atoms with Crippen molar-refractivity contribution in [1.29, 1.82) is 5.26 Å². The second-order valence-corrected chi connectivity index (χ2v) is 15.0. The Bertz CT molecular complexity index is 2070. The molecule has 0 radical (unpaired) electrons. The predicted octanol–water partition coefficient (Wildman–Crippen LogP) is 6.23. The molecular weight excluding hydrogens is 633 g/mol. The van der Waals surface area contributed by atoms with E-state index >= 15 is 0 Å². The molecular formula is C42H44N8O. The summed E-state index contributed by atoms with van der Waals surface area (Å²) >= 11 is 0. The van der Waals surface area contributed by atoms with Crippen LogP contribution in [-0.4, -0.2) is 89.2 Å². The minimum atomic E-state index is 0.250. The molecule has 3 aliphatic heterocycles. The summed E-state index contributed by atoms with van der Waals surface area (Å²) < 4.78 is 1.82. The number of carbonyl (C=O) groups is 1. The lowest BCUT2D eigenvalue weighted by atomic mass is 9.89. The summed E-state index contributed by atoms with van der Waals surface area (Å²) in [6.45, 7) is 9.96. The Hall–Kier alpha value is -5.20. The number of likely N-dealkylation sites (tertiary alicyclic amines) is 1. The van der Waals surface area contributed by atoms with Crippen molar-refractivity contribution in [2.45, 2.75) is 32.1 Å². The van der Waals surface area contributed by atoms with E-state index < -0.39 is 0 Å². The first-order chi connectivity index (χ1) is 25.0. The third-order valence-corrected chi connectivity index (χ3v) is 11.8. The zero-order valence-corrected chi connectivity index (χ0v) is 29.3. The number of nitriles is 1. The molecule has 0 N–H and O–H groups in total. The normalized spacial score (nSPS) is 20.8. The molecule has 2 aromatic carbocycles. The second kappa shape index (κ2) is 13.2. The third-order valence-electron chi connectivity index (χ3n) is 11.8. The molecule has 6 heterocycles. The summed E-state index contributed by atoms with van der Waals surface area (Å²) in [4.78, 5) is 27.3. The van der Waals surface area contributed by atoms with Crippen LogP contribution in [0.1, 0.15) is 41.9 Å². The van der Waals surface area contributed by atoms with Gasteiger partial charge in [0.05, 0.1) is 23.8 Å². The fourth-order valence-electron chi connectivity index (χ4n) is 8.53. The highest BCUT2D eigenvalue weighted by Gasteiger charge is 2.45. The number of hydrogen-bond donors (Lipinski definition) is 0. The Morgan fingerprint density at radius 3 is 2.24 bits per heavy atom. The maximum atomic E-state index is 13.3. The SMILES string of the molecule is Cc1ccc(C2CCN(CC(=O)N3CCN(c4ccc(-c5cc(-c6ccc(N7CC8CC8C7)nc6)c6c(C#N)cnn6c5)cc4)CC3)CC2)cc1. The number of hydrogen-bond acceptors (Lipinski definition) is 7. The number of nitrogens with zero attached hydrogens (tertiary/aromatic N) is 8. The lowest BCUT2D eigenvalue weighted by molar-refractivity contribution is -0.133. The Morgan fingerprint density at radius 2 is 1.55 bits per heavy atom. The van der Waals surface area contributed by atoms with E-state index in [1.54, 1.807) is 6.20 Å². The summed E-state index contributed by atoms with van der Waals surface area (Å²) in [5, 5.41) is 14.4.